The van der Waals surface area contributed by atoms with Gasteiger partial charge in [-0.25, -0.2) is 14.8 Å². The van der Waals surface area contributed by atoms with E-state index < -0.39 is 6.09 Å². The van der Waals surface area contributed by atoms with E-state index in [1.807, 2.05) is 19.1 Å². The largest absolute Gasteiger partial charge is 0.465 e. The Labute approximate surface area is 149 Å². The number of nitrogens with zero attached hydrogens (tertiary/aromatic N) is 3. The van der Waals surface area contributed by atoms with Gasteiger partial charge in [-0.05, 0) is 43.2 Å². The number of aromatic nitrogens is 3. The van der Waals surface area contributed by atoms with Crippen molar-refractivity contribution in [3.05, 3.63) is 59.3 Å². The standard InChI is InChI=1S/C19H18N4O3/c1-10-4-5-20-18(21-10)15-8-14(15)16-6-11(9-24)13-3-2-12(22-19(25)26)7-17(13)23-16/h2-7,14-15,22,24H,8-9H2,1H3,(H,25,26). The van der Waals surface area contributed by atoms with Crippen LogP contribution in [0.15, 0.2) is 36.5 Å². The van der Waals surface area contributed by atoms with Crippen LogP contribution in [0.5, 0.6) is 0 Å². The van der Waals surface area contributed by atoms with Gasteiger partial charge in [0, 0.05) is 40.5 Å². The summed E-state index contributed by atoms with van der Waals surface area (Å²) in [6, 6.07) is 8.92. The van der Waals surface area contributed by atoms with Crippen LogP contribution < -0.4 is 5.32 Å². The Hall–Kier alpha value is -3.06. The van der Waals surface area contributed by atoms with E-state index in [0.29, 0.717) is 11.2 Å². The molecule has 0 aliphatic heterocycles. The van der Waals surface area contributed by atoms with E-state index in [1.54, 1.807) is 24.4 Å². The Morgan fingerprint density at radius 3 is 2.81 bits per heavy atom. The number of aliphatic hydroxyl groups excluding tert-OH is 1. The minimum Gasteiger partial charge on any atom is -0.465 e. The summed E-state index contributed by atoms with van der Waals surface area (Å²) in [6.45, 7) is 1.84. The average Bonchev–Trinajstić information content (AvgIpc) is 3.41. The summed E-state index contributed by atoms with van der Waals surface area (Å²) in [4.78, 5) is 24.4. The lowest BCUT2D eigenvalue weighted by Crippen LogP contribution is -2.07. The van der Waals surface area contributed by atoms with Gasteiger partial charge in [-0.2, -0.15) is 0 Å². The van der Waals surface area contributed by atoms with Crippen LogP contribution in [-0.4, -0.2) is 31.3 Å². The minimum absolute atomic E-state index is 0.101. The summed E-state index contributed by atoms with van der Waals surface area (Å²) >= 11 is 0. The Morgan fingerprint density at radius 2 is 2.08 bits per heavy atom. The third-order valence-corrected chi connectivity index (χ3v) is 4.65. The molecule has 1 amide bonds. The number of pyridine rings is 1. The van der Waals surface area contributed by atoms with Crippen molar-refractivity contribution < 1.29 is 15.0 Å². The van der Waals surface area contributed by atoms with Gasteiger partial charge in [0.25, 0.3) is 0 Å². The first-order chi connectivity index (χ1) is 12.5. The second-order valence-corrected chi connectivity index (χ2v) is 6.53. The summed E-state index contributed by atoms with van der Waals surface area (Å²) < 4.78 is 0. The zero-order chi connectivity index (χ0) is 18.3. The highest BCUT2D eigenvalue weighted by molar-refractivity contribution is 5.90. The molecule has 0 saturated heterocycles. The number of carbonyl (C=O) groups is 1. The molecule has 4 rings (SSSR count). The molecule has 132 valence electrons. The molecule has 2 unspecified atom stereocenters. The lowest BCUT2D eigenvalue weighted by atomic mass is 10.1. The van der Waals surface area contributed by atoms with E-state index >= 15 is 0 Å². The Morgan fingerprint density at radius 1 is 1.23 bits per heavy atom. The normalized spacial score (nSPS) is 18.7. The summed E-state index contributed by atoms with van der Waals surface area (Å²) in [5, 5.41) is 21.8. The second-order valence-electron chi connectivity index (χ2n) is 6.53. The molecule has 2 heterocycles. The predicted octanol–water partition coefficient (Wildman–Crippen LogP) is 3.19. The van der Waals surface area contributed by atoms with Gasteiger partial charge >= 0.3 is 6.09 Å². The van der Waals surface area contributed by atoms with Crippen LogP contribution in [0, 0.1) is 6.92 Å². The number of aryl methyl sites for hydroxylation is 1. The van der Waals surface area contributed by atoms with Crippen LogP contribution in [0.1, 0.15) is 41.0 Å². The van der Waals surface area contributed by atoms with Gasteiger partial charge in [0.15, 0.2) is 0 Å². The number of hydrogen-bond donors (Lipinski definition) is 3. The molecule has 0 spiro atoms. The third kappa shape index (κ3) is 3.09. The fourth-order valence-corrected chi connectivity index (χ4v) is 3.30. The average molecular weight is 350 g/mol. The van der Waals surface area contributed by atoms with Crippen LogP contribution >= 0.6 is 0 Å². The quantitative estimate of drug-likeness (QED) is 0.667. The van der Waals surface area contributed by atoms with E-state index in [4.69, 9.17) is 10.1 Å². The molecule has 0 radical (unpaired) electrons. The maximum Gasteiger partial charge on any atom is 0.409 e. The van der Waals surface area contributed by atoms with Gasteiger partial charge in [0.2, 0.25) is 0 Å². The van der Waals surface area contributed by atoms with E-state index in [2.05, 4.69) is 15.3 Å². The molecule has 7 nitrogen and oxygen atoms in total. The molecule has 26 heavy (non-hydrogen) atoms. The van der Waals surface area contributed by atoms with Crippen LogP contribution in [0.3, 0.4) is 0 Å². The number of rotatable bonds is 4. The van der Waals surface area contributed by atoms with Crippen molar-refractivity contribution in [1.29, 1.82) is 0 Å². The number of nitrogens with one attached hydrogen (secondary N) is 1. The monoisotopic (exact) mass is 350 g/mol. The van der Waals surface area contributed by atoms with E-state index in [1.165, 1.54) is 0 Å². The Balaban J connectivity index is 1.70. The Bertz CT molecular complexity index is 1010. The summed E-state index contributed by atoms with van der Waals surface area (Å²) in [7, 11) is 0. The lowest BCUT2D eigenvalue weighted by Gasteiger charge is -2.09. The molecule has 3 aromatic rings. The molecule has 1 saturated carbocycles. The van der Waals surface area contributed by atoms with Crippen molar-refractivity contribution in [1.82, 2.24) is 15.0 Å². The number of fused-ring (bicyclic) bond motifs is 1. The molecule has 1 aliphatic rings. The molecule has 7 heteroatoms. The smallest absolute Gasteiger partial charge is 0.409 e. The van der Waals surface area contributed by atoms with Crippen LogP contribution in [-0.2, 0) is 6.61 Å². The first-order valence-electron chi connectivity index (χ1n) is 8.39. The maximum absolute atomic E-state index is 10.9. The van der Waals surface area contributed by atoms with Gasteiger partial charge in [0.1, 0.15) is 5.82 Å². The van der Waals surface area contributed by atoms with Crippen molar-refractivity contribution in [2.45, 2.75) is 31.8 Å². The molecular formula is C19H18N4O3. The molecule has 1 fully saturated rings. The highest BCUT2D eigenvalue weighted by Gasteiger charge is 2.43. The van der Waals surface area contributed by atoms with E-state index in [0.717, 1.165) is 34.6 Å². The molecule has 2 atom stereocenters. The number of benzene rings is 1. The molecule has 2 aromatic heterocycles. The van der Waals surface area contributed by atoms with Crippen molar-refractivity contribution in [3.63, 3.8) is 0 Å². The molecule has 3 N–H and O–H groups in total. The fourth-order valence-electron chi connectivity index (χ4n) is 3.30. The zero-order valence-electron chi connectivity index (χ0n) is 14.2. The highest BCUT2D eigenvalue weighted by Crippen LogP contribution is 2.53. The van der Waals surface area contributed by atoms with Gasteiger partial charge in [-0.15, -0.1) is 0 Å². The lowest BCUT2D eigenvalue weighted by molar-refractivity contribution is 0.210. The number of anilines is 1. The van der Waals surface area contributed by atoms with Crippen molar-refractivity contribution in [3.8, 4) is 0 Å². The van der Waals surface area contributed by atoms with Crippen LogP contribution in [0.25, 0.3) is 10.9 Å². The number of aliphatic hydroxyl groups is 1. The molecule has 1 aliphatic carbocycles. The summed E-state index contributed by atoms with van der Waals surface area (Å²) in [5.41, 5.74) is 3.71. The molecule has 0 bridgehead atoms. The van der Waals surface area contributed by atoms with Gasteiger partial charge in [-0.3, -0.25) is 10.3 Å². The van der Waals surface area contributed by atoms with Crippen LogP contribution in [0.2, 0.25) is 0 Å². The van der Waals surface area contributed by atoms with Gasteiger partial charge < -0.3 is 10.2 Å². The Kier molecular flexibility index (Phi) is 4.00. The summed E-state index contributed by atoms with van der Waals surface area (Å²) in [5.74, 6) is 1.26. The van der Waals surface area contributed by atoms with Crippen LogP contribution in [0.4, 0.5) is 10.5 Å². The van der Waals surface area contributed by atoms with E-state index in [-0.39, 0.29) is 18.4 Å². The topological polar surface area (TPSA) is 108 Å². The first-order valence-corrected chi connectivity index (χ1v) is 8.39. The van der Waals surface area contributed by atoms with Crippen molar-refractivity contribution >= 4 is 22.7 Å². The van der Waals surface area contributed by atoms with Gasteiger partial charge in [0.05, 0.1) is 12.1 Å². The number of amides is 1. The first kappa shape index (κ1) is 16.4. The second kappa shape index (κ2) is 6.34. The highest BCUT2D eigenvalue weighted by atomic mass is 16.4. The maximum atomic E-state index is 10.9. The zero-order valence-corrected chi connectivity index (χ0v) is 14.2. The van der Waals surface area contributed by atoms with Gasteiger partial charge in [-0.1, -0.05) is 6.07 Å². The van der Waals surface area contributed by atoms with Crippen molar-refractivity contribution in [2.75, 3.05) is 5.32 Å². The third-order valence-electron chi connectivity index (χ3n) is 4.65. The number of carboxylic acid groups (broad SMARTS) is 1. The predicted molar refractivity (Wildman–Crippen MR) is 96.2 cm³/mol. The van der Waals surface area contributed by atoms with Crippen molar-refractivity contribution in [2.24, 2.45) is 0 Å². The molecule has 1 aromatic carbocycles. The number of hydrogen-bond acceptors (Lipinski definition) is 5. The summed E-state index contributed by atoms with van der Waals surface area (Å²) in [6.07, 6.45) is 1.56. The van der Waals surface area contributed by atoms with E-state index in [9.17, 15) is 9.90 Å². The fraction of sp³-hybridized carbons (Fsp3) is 0.263. The SMILES string of the molecule is Cc1ccnc(C2CC2c2cc(CO)c3ccc(NC(=O)O)cc3n2)n1. The minimum atomic E-state index is -1.12. The molecular weight excluding hydrogens is 332 g/mol.